The molecule has 0 atom stereocenters. The van der Waals surface area contributed by atoms with Crippen LogP contribution >= 0.6 is 23.4 Å². The van der Waals surface area contributed by atoms with Crippen LogP contribution in [0.2, 0.25) is 5.02 Å². The molecule has 2 aromatic heterocycles. The molecule has 3 aromatic rings. The summed E-state index contributed by atoms with van der Waals surface area (Å²) in [5, 5.41) is 9.64. The number of hydrogen-bond donors (Lipinski definition) is 2. The van der Waals surface area contributed by atoms with Crippen molar-refractivity contribution in [2.45, 2.75) is 18.6 Å². The van der Waals surface area contributed by atoms with E-state index in [2.05, 4.69) is 26.0 Å². The molecule has 0 aliphatic heterocycles. The number of aromatic nitrogens is 4. The Kier molecular flexibility index (Phi) is 6.62. The summed E-state index contributed by atoms with van der Waals surface area (Å²) in [6.45, 7) is 2.62. The average molecular weight is 417 g/mol. The van der Waals surface area contributed by atoms with Gasteiger partial charge in [-0.2, -0.15) is 0 Å². The van der Waals surface area contributed by atoms with Crippen molar-refractivity contribution in [2.75, 3.05) is 5.75 Å². The summed E-state index contributed by atoms with van der Waals surface area (Å²) in [6.07, 6.45) is 1.50. The molecule has 1 aromatic carbocycles. The molecule has 0 unspecified atom stereocenters. The Balaban J connectivity index is 1.57. The minimum absolute atomic E-state index is 0.0707. The van der Waals surface area contributed by atoms with Crippen LogP contribution in [0.1, 0.15) is 17.4 Å². The van der Waals surface area contributed by atoms with Crippen LogP contribution in [0, 0.1) is 0 Å². The number of carbonyl (C=O) groups is 2. The Morgan fingerprint density at radius 2 is 1.89 bits per heavy atom. The lowest BCUT2D eigenvalue weighted by molar-refractivity contribution is -0.119. The summed E-state index contributed by atoms with van der Waals surface area (Å²) in [6, 6.07) is 12.3. The molecule has 2 N–H and O–H groups in total. The molecule has 2 heterocycles. The Morgan fingerprint density at radius 1 is 1.11 bits per heavy atom. The molecule has 2 amide bonds. The van der Waals surface area contributed by atoms with Gasteiger partial charge in [0.05, 0.1) is 5.75 Å². The first-order chi connectivity index (χ1) is 13.6. The predicted octanol–water partition coefficient (Wildman–Crippen LogP) is 2.57. The number of carbonyl (C=O) groups excluding carboxylic acids is 2. The molecule has 3 rings (SSSR count). The number of amides is 2. The SMILES string of the molecule is CCn1c(SCC(=O)NNC(=O)c2ccccn2)nnc1-c1ccc(Cl)cc1. The Hall–Kier alpha value is -2.91. The second-order valence-corrected chi connectivity index (χ2v) is 6.94. The summed E-state index contributed by atoms with van der Waals surface area (Å²) in [7, 11) is 0. The Bertz CT molecular complexity index is 962. The molecule has 144 valence electrons. The van der Waals surface area contributed by atoms with Gasteiger partial charge in [-0.25, -0.2) is 0 Å². The fraction of sp³-hybridized carbons (Fsp3) is 0.167. The zero-order valence-corrected chi connectivity index (χ0v) is 16.5. The van der Waals surface area contributed by atoms with Crippen LogP contribution in [0.25, 0.3) is 11.4 Å². The summed E-state index contributed by atoms with van der Waals surface area (Å²) in [5.74, 6) is -0.0828. The van der Waals surface area contributed by atoms with Gasteiger partial charge in [0, 0.05) is 23.3 Å². The first-order valence-electron chi connectivity index (χ1n) is 8.40. The number of hydrogen-bond acceptors (Lipinski definition) is 6. The van der Waals surface area contributed by atoms with Crippen LogP contribution in [0.5, 0.6) is 0 Å². The lowest BCUT2D eigenvalue weighted by Gasteiger charge is -2.08. The molecular weight excluding hydrogens is 400 g/mol. The largest absolute Gasteiger partial charge is 0.302 e. The van der Waals surface area contributed by atoms with Gasteiger partial charge < -0.3 is 4.57 Å². The standard InChI is InChI=1S/C18H17ClN6O2S/c1-2-25-16(12-6-8-13(19)9-7-12)22-24-18(25)28-11-15(26)21-23-17(27)14-5-3-4-10-20-14/h3-10H,2,11H2,1H3,(H,21,26)(H,23,27). The van der Waals surface area contributed by atoms with Crippen LogP contribution in [-0.4, -0.2) is 37.3 Å². The fourth-order valence-corrected chi connectivity index (χ4v) is 3.28. The van der Waals surface area contributed by atoms with Crippen molar-refractivity contribution < 1.29 is 9.59 Å². The first-order valence-corrected chi connectivity index (χ1v) is 9.77. The van der Waals surface area contributed by atoms with Crippen molar-refractivity contribution in [1.82, 2.24) is 30.6 Å². The highest BCUT2D eigenvalue weighted by Gasteiger charge is 2.15. The number of thioether (sulfide) groups is 1. The highest BCUT2D eigenvalue weighted by molar-refractivity contribution is 7.99. The van der Waals surface area contributed by atoms with E-state index in [1.165, 1.54) is 18.0 Å². The van der Waals surface area contributed by atoms with Gasteiger partial charge in [0.15, 0.2) is 11.0 Å². The van der Waals surface area contributed by atoms with E-state index in [0.717, 1.165) is 5.56 Å². The van der Waals surface area contributed by atoms with E-state index in [1.54, 1.807) is 30.3 Å². The molecule has 0 fully saturated rings. The van der Waals surface area contributed by atoms with E-state index in [4.69, 9.17) is 11.6 Å². The van der Waals surface area contributed by atoms with Crippen LogP contribution in [0.4, 0.5) is 0 Å². The zero-order chi connectivity index (χ0) is 19.9. The van der Waals surface area contributed by atoms with Crippen molar-refractivity contribution >= 4 is 35.2 Å². The van der Waals surface area contributed by atoms with Crippen LogP contribution in [0.3, 0.4) is 0 Å². The summed E-state index contributed by atoms with van der Waals surface area (Å²) < 4.78 is 1.91. The lowest BCUT2D eigenvalue weighted by atomic mass is 10.2. The second kappa shape index (κ2) is 9.34. The normalized spacial score (nSPS) is 10.5. The maximum absolute atomic E-state index is 12.0. The van der Waals surface area contributed by atoms with Gasteiger partial charge in [-0.3, -0.25) is 25.4 Å². The van der Waals surface area contributed by atoms with Crippen LogP contribution in [0.15, 0.2) is 53.8 Å². The van der Waals surface area contributed by atoms with Gasteiger partial charge >= 0.3 is 0 Å². The smallest absolute Gasteiger partial charge is 0.288 e. The van der Waals surface area contributed by atoms with E-state index in [9.17, 15) is 9.59 Å². The maximum atomic E-state index is 12.0. The van der Waals surface area contributed by atoms with E-state index >= 15 is 0 Å². The Morgan fingerprint density at radius 3 is 2.57 bits per heavy atom. The number of nitrogens with zero attached hydrogens (tertiary/aromatic N) is 4. The van der Waals surface area contributed by atoms with E-state index in [1.807, 2.05) is 23.6 Å². The molecule has 0 radical (unpaired) electrons. The van der Waals surface area contributed by atoms with Crippen molar-refractivity contribution in [2.24, 2.45) is 0 Å². The minimum atomic E-state index is -0.485. The number of pyridine rings is 1. The molecule has 0 saturated carbocycles. The lowest BCUT2D eigenvalue weighted by Crippen LogP contribution is -2.42. The van der Waals surface area contributed by atoms with Gasteiger partial charge in [-0.05, 0) is 43.3 Å². The summed E-state index contributed by atoms with van der Waals surface area (Å²) in [4.78, 5) is 27.8. The number of nitrogens with one attached hydrogen (secondary N) is 2. The van der Waals surface area contributed by atoms with Gasteiger partial charge in [0.1, 0.15) is 5.69 Å². The topological polar surface area (TPSA) is 102 Å². The van der Waals surface area contributed by atoms with Gasteiger partial charge in [0.25, 0.3) is 5.91 Å². The van der Waals surface area contributed by atoms with Crippen molar-refractivity contribution in [3.8, 4) is 11.4 Å². The van der Waals surface area contributed by atoms with Gasteiger partial charge in [-0.15, -0.1) is 10.2 Å². The third kappa shape index (κ3) is 4.87. The van der Waals surface area contributed by atoms with E-state index in [0.29, 0.717) is 22.5 Å². The highest BCUT2D eigenvalue weighted by atomic mass is 35.5. The van der Waals surface area contributed by atoms with Crippen molar-refractivity contribution in [1.29, 1.82) is 0 Å². The number of rotatable bonds is 6. The average Bonchev–Trinajstić information content (AvgIpc) is 3.14. The van der Waals surface area contributed by atoms with Crippen molar-refractivity contribution in [3.63, 3.8) is 0 Å². The monoisotopic (exact) mass is 416 g/mol. The number of hydrazine groups is 1. The van der Waals surface area contributed by atoms with Crippen LogP contribution < -0.4 is 10.9 Å². The number of halogens is 1. The molecule has 0 saturated heterocycles. The molecule has 28 heavy (non-hydrogen) atoms. The molecular formula is C18H17ClN6O2S. The van der Waals surface area contributed by atoms with E-state index < -0.39 is 5.91 Å². The quantitative estimate of drug-likeness (QED) is 0.473. The molecule has 0 aliphatic carbocycles. The first kappa shape index (κ1) is 19.8. The fourth-order valence-electron chi connectivity index (χ4n) is 2.35. The van der Waals surface area contributed by atoms with Crippen LogP contribution in [-0.2, 0) is 11.3 Å². The third-order valence-corrected chi connectivity index (χ3v) is 4.90. The van der Waals surface area contributed by atoms with E-state index in [-0.39, 0.29) is 17.4 Å². The molecule has 0 spiro atoms. The minimum Gasteiger partial charge on any atom is -0.302 e. The number of benzene rings is 1. The molecule has 0 aliphatic rings. The molecule has 8 nitrogen and oxygen atoms in total. The Labute approximate surface area is 170 Å². The summed E-state index contributed by atoms with van der Waals surface area (Å²) >= 11 is 7.16. The van der Waals surface area contributed by atoms with Gasteiger partial charge in [-0.1, -0.05) is 29.4 Å². The molecule has 0 bridgehead atoms. The molecule has 10 heteroatoms. The zero-order valence-electron chi connectivity index (χ0n) is 14.9. The maximum Gasteiger partial charge on any atom is 0.288 e. The van der Waals surface area contributed by atoms with Crippen molar-refractivity contribution in [3.05, 3.63) is 59.4 Å². The second-order valence-electron chi connectivity index (χ2n) is 5.56. The predicted molar refractivity (Wildman–Crippen MR) is 107 cm³/mol. The highest BCUT2D eigenvalue weighted by Crippen LogP contribution is 2.24. The van der Waals surface area contributed by atoms with Gasteiger partial charge in [0.2, 0.25) is 5.91 Å². The third-order valence-electron chi connectivity index (χ3n) is 3.68. The summed E-state index contributed by atoms with van der Waals surface area (Å²) in [5.41, 5.74) is 5.80.